The summed E-state index contributed by atoms with van der Waals surface area (Å²) in [6.45, 7) is 0. The second-order valence-corrected chi connectivity index (χ2v) is 4.05. The molecular weight excluding hydrogens is 256 g/mol. The smallest absolute Gasteiger partial charge is 0.181 e. The van der Waals surface area contributed by atoms with Gasteiger partial charge in [0.1, 0.15) is 11.6 Å². The van der Waals surface area contributed by atoms with Gasteiger partial charge in [-0.25, -0.2) is 0 Å². The molecule has 0 amide bonds. The number of hydrogen-bond donors (Lipinski definition) is 4. The standard InChI is InChI=1S/C14H12N4O2/c15-7-9(11-3-1-2-4-18-11)13(17)8-5-10(16)14(20)12(19)6-8/h1-6,19-20H,16-17H2/b13-9-. The highest BCUT2D eigenvalue weighted by atomic mass is 16.3. The molecule has 6 N–H and O–H groups in total. The molecule has 0 saturated carbocycles. The van der Waals surface area contributed by atoms with Crippen LogP contribution in [0, 0.1) is 11.3 Å². The predicted octanol–water partition coefficient (Wildman–Crippen LogP) is 1.43. The molecule has 0 radical (unpaired) electrons. The number of rotatable bonds is 2. The zero-order valence-corrected chi connectivity index (χ0v) is 10.4. The molecule has 100 valence electrons. The van der Waals surface area contributed by atoms with Crippen LogP contribution in [0.1, 0.15) is 11.3 Å². The number of benzene rings is 1. The highest BCUT2D eigenvalue weighted by molar-refractivity contribution is 5.95. The highest BCUT2D eigenvalue weighted by Gasteiger charge is 2.13. The van der Waals surface area contributed by atoms with Crippen LogP contribution < -0.4 is 11.5 Å². The third-order valence-corrected chi connectivity index (χ3v) is 2.73. The molecule has 0 bridgehead atoms. The number of aromatic hydroxyl groups is 2. The number of hydrogen-bond acceptors (Lipinski definition) is 6. The van der Waals surface area contributed by atoms with E-state index in [0.717, 1.165) is 0 Å². The van der Waals surface area contributed by atoms with Gasteiger partial charge in [-0.15, -0.1) is 0 Å². The van der Waals surface area contributed by atoms with E-state index in [4.69, 9.17) is 11.5 Å². The molecule has 0 atom stereocenters. The van der Waals surface area contributed by atoms with Crippen LogP contribution in [-0.2, 0) is 0 Å². The van der Waals surface area contributed by atoms with Crippen molar-refractivity contribution in [2.45, 2.75) is 0 Å². The Labute approximate surface area is 115 Å². The van der Waals surface area contributed by atoms with Gasteiger partial charge >= 0.3 is 0 Å². The van der Waals surface area contributed by atoms with E-state index in [1.807, 2.05) is 6.07 Å². The van der Waals surface area contributed by atoms with Gasteiger partial charge in [-0.05, 0) is 24.3 Å². The second kappa shape index (κ2) is 5.20. The van der Waals surface area contributed by atoms with Crippen LogP contribution in [-0.4, -0.2) is 15.2 Å². The summed E-state index contributed by atoms with van der Waals surface area (Å²) in [4.78, 5) is 4.06. The lowest BCUT2D eigenvalue weighted by molar-refractivity contribution is 0.405. The number of anilines is 1. The molecule has 1 aromatic heterocycles. The molecule has 6 nitrogen and oxygen atoms in total. The van der Waals surface area contributed by atoms with Crippen LogP contribution in [0.4, 0.5) is 5.69 Å². The van der Waals surface area contributed by atoms with E-state index in [1.54, 1.807) is 24.4 Å². The van der Waals surface area contributed by atoms with Crippen molar-refractivity contribution in [3.63, 3.8) is 0 Å². The minimum Gasteiger partial charge on any atom is -0.504 e. The summed E-state index contributed by atoms with van der Waals surface area (Å²) < 4.78 is 0. The summed E-state index contributed by atoms with van der Waals surface area (Å²) in [6.07, 6.45) is 1.54. The SMILES string of the molecule is N#C/C(=C(/N)c1cc(N)c(O)c(O)c1)c1ccccn1. The van der Waals surface area contributed by atoms with E-state index in [2.05, 4.69) is 4.98 Å². The fraction of sp³-hybridized carbons (Fsp3) is 0. The first-order valence-electron chi connectivity index (χ1n) is 5.67. The summed E-state index contributed by atoms with van der Waals surface area (Å²) in [7, 11) is 0. The van der Waals surface area contributed by atoms with E-state index in [1.165, 1.54) is 12.1 Å². The maximum Gasteiger partial charge on any atom is 0.181 e. The van der Waals surface area contributed by atoms with Gasteiger partial charge in [0.2, 0.25) is 0 Å². The number of nitrogen functional groups attached to an aromatic ring is 1. The van der Waals surface area contributed by atoms with Crippen molar-refractivity contribution < 1.29 is 10.2 Å². The number of aromatic nitrogens is 1. The maximum absolute atomic E-state index is 9.55. The van der Waals surface area contributed by atoms with Crippen molar-refractivity contribution in [3.05, 3.63) is 47.8 Å². The van der Waals surface area contributed by atoms with Crippen molar-refractivity contribution in [2.24, 2.45) is 5.73 Å². The van der Waals surface area contributed by atoms with Crippen molar-refractivity contribution in [1.82, 2.24) is 4.98 Å². The Hall–Kier alpha value is -3.20. The Bertz CT molecular complexity index is 695. The molecule has 1 aromatic carbocycles. The Morgan fingerprint density at radius 1 is 1.25 bits per heavy atom. The summed E-state index contributed by atoms with van der Waals surface area (Å²) in [6, 6.07) is 9.70. The molecule has 0 unspecified atom stereocenters. The first-order chi connectivity index (χ1) is 9.54. The van der Waals surface area contributed by atoms with Crippen LogP contribution in [0.5, 0.6) is 11.5 Å². The highest BCUT2D eigenvalue weighted by Crippen LogP contribution is 2.35. The fourth-order valence-corrected chi connectivity index (χ4v) is 1.71. The van der Waals surface area contributed by atoms with E-state index in [0.29, 0.717) is 11.3 Å². The summed E-state index contributed by atoms with van der Waals surface area (Å²) in [5.74, 6) is -0.820. The third-order valence-electron chi connectivity index (χ3n) is 2.73. The van der Waals surface area contributed by atoms with Crippen molar-refractivity contribution in [3.8, 4) is 17.6 Å². The molecule has 0 spiro atoms. The van der Waals surface area contributed by atoms with E-state index in [9.17, 15) is 15.5 Å². The van der Waals surface area contributed by atoms with Gasteiger partial charge in [-0.2, -0.15) is 5.26 Å². The zero-order chi connectivity index (χ0) is 14.7. The Morgan fingerprint density at radius 3 is 2.55 bits per heavy atom. The molecule has 0 aliphatic heterocycles. The normalized spacial score (nSPS) is 11.6. The molecule has 1 heterocycles. The Kier molecular flexibility index (Phi) is 3.44. The molecule has 2 rings (SSSR count). The lowest BCUT2D eigenvalue weighted by Crippen LogP contribution is -2.02. The Morgan fingerprint density at radius 2 is 2.00 bits per heavy atom. The number of nitriles is 1. The average Bonchev–Trinajstić information content (AvgIpc) is 2.46. The van der Waals surface area contributed by atoms with Crippen LogP contribution in [0.25, 0.3) is 11.3 Å². The maximum atomic E-state index is 9.55. The second-order valence-electron chi connectivity index (χ2n) is 4.05. The van der Waals surface area contributed by atoms with Crippen LogP contribution >= 0.6 is 0 Å². The number of allylic oxidation sites excluding steroid dienone is 1. The molecule has 0 fully saturated rings. The molecule has 2 aromatic rings. The molecule has 0 aliphatic carbocycles. The predicted molar refractivity (Wildman–Crippen MR) is 75.0 cm³/mol. The van der Waals surface area contributed by atoms with Crippen molar-refractivity contribution >= 4 is 17.0 Å². The minimum absolute atomic E-state index is 0.0266. The first kappa shape index (κ1) is 13.2. The minimum atomic E-state index is -0.419. The quantitative estimate of drug-likeness (QED) is 0.370. The van der Waals surface area contributed by atoms with Crippen molar-refractivity contribution in [2.75, 3.05) is 5.73 Å². The van der Waals surface area contributed by atoms with Gasteiger partial charge in [0, 0.05) is 11.8 Å². The fourth-order valence-electron chi connectivity index (χ4n) is 1.71. The Balaban J connectivity index is 2.61. The van der Waals surface area contributed by atoms with Crippen LogP contribution in [0.15, 0.2) is 36.5 Å². The lowest BCUT2D eigenvalue weighted by Gasteiger charge is -2.09. The zero-order valence-electron chi connectivity index (χ0n) is 10.4. The van der Waals surface area contributed by atoms with E-state index < -0.39 is 11.5 Å². The first-order valence-corrected chi connectivity index (χ1v) is 5.67. The summed E-state index contributed by atoms with van der Waals surface area (Å²) in [5.41, 5.74) is 12.5. The molecule has 0 aliphatic rings. The molecular formula is C14H12N4O2. The van der Waals surface area contributed by atoms with E-state index >= 15 is 0 Å². The monoisotopic (exact) mass is 268 g/mol. The lowest BCUT2D eigenvalue weighted by atomic mass is 10.0. The number of nitrogens with two attached hydrogens (primary N) is 2. The largest absolute Gasteiger partial charge is 0.504 e. The van der Waals surface area contributed by atoms with Gasteiger partial charge < -0.3 is 21.7 Å². The third kappa shape index (κ3) is 2.33. The van der Waals surface area contributed by atoms with Crippen molar-refractivity contribution in [1.29, 1.82) is 5.26 Å². The van der Waals surface area contributed by atoms with Crippen LogP contribution in [0.3, 0.4) is 0 Å². The number of nitrogens with zero attached hydrogens (tertiary/aromatic N) is 2. The summed E-state index contributed by atoms with van der Waals surface area (Å²) >= 11 is 0. The summed E-state index contributed by atoms with van der Waals surface area (Å²) in [5, 5.41) is 28.2. The molecule has 6 heteroatoms. The van der Waals surface area contributed by atoms with Gasteiger partial charge in [-0.3, -0.25) is 4.98 Å². The van der Waals surface area contributed by atoms with Gasteiger partial charge in [0.25, 0.3) is 0 Å². The molecule has 0 saturated heterocycles. The van der Waals surface area contributed by atoms with Gasteiger partial charge in [0.05, 0.1) is 17.1 Å². The van der Waals surface area contributed by atoms with E-state index in [-0.39, 0.29) is 17.0 Å². The number of pyridine rings is 1. The number of phenolic OH excluding ortho intramolecular Hbond substituents is 2. The molecule has 20 heavy (non-hydrogen) atoms. The van der Waals surface area contributed by atoms with Crippen LogP contribution in [0.2, 0.25) is 0 Å². The van der Waals surface area contributed by atoms with Gasteiger partial charge in [0.15, 0.2) is 11.5 Å². The van der Waals surface area contributed by atoms with Gasteiger partial charge in [-0.1, -0.05) is 6.07 Å². The topological polar surface area (TPSA) is 129 Å². The number of phenols is 2. The average molecular weight is 268 g/mol.